The number of hydrogen-bond donors (Lipinski definition) is 1. The van der Waals surface area contributed by atoms with E-state index in [0.717, 1.165) is 50.0 Å². The van der Waals surface area contributed by atoms with E-state index in [0.29, 0.717) is 0 Å². The molecule has 0 atom stereocenters. The maximum atomic E-state index is 5.43. The molecule has 1 aromatic carbocycles. The first kappa shape index (κ1) is 14.0. The minimum atomic E-state index is 0.850. The lowest BCUT2D eigenvalue weighted by Gasteiger charge is -2.32. The summed E-state index contributed by atoms with van der Waals surface area (Å²) in [6.07, 6.45) is 0. The number of nitrogens with zero attached hydrogens (tertiary/aromatic N) is 2. The van der Waals surface area contributed by atoms with Crippen molar-refractivity contribution in [2.45, 2.75) is 0 Å². The predicted octanol–water partition coefficient (Wildman–Crippen LogP) is 1.00. The lowest BCUT2D eigenvalue weighted by Crippen LogP contribution is -2.47. The van der Waals surface area contributed by atoms with E-state index in [-0.39, 0.29) is 0 Å². The van der Waals surface area contributed by atoms with Crippen LogP contribution in [0.5, 0.6) is 11.5 Å². The molecule has 1 aliphatic rings. The Morgan fingerprint density at radius 2 is 1.95 bits per heavy atom. The first-order chi connectivity index (χ1) is 9.24. The molecule has 0 aliphatic carbocycles. The van der Waals surface area contributed by atoms with E-state index in [1.807, 2.05) is 18.2 Å². The number of anilines is 1. The molecule has 0 unspecified atom stereocenters. The highest BCUT2D eigenvalue weighted by molar-refractivity contribution is 5.61. The van der Waals surface area contributed by atoms with Crippen LogP contribution in [0.3, 0.4) is 0 Å². The van der Waals surface area contributed by atoms with E-state index in [4.69, 9.17) is 9.47 Å². The monoisotopic (exact) mass is 265 g/mol. The molecular formula is C14H23N3O2. The molecule has 1 aliphatic heterocycles. The zero-order chi connectivity index (χ0) is 13.7. The molecule has 19 heavy (non-hydrogen) atoms. The molecule has 0 saturated carbocycles. The van der Waals surface area contributed by atoms with Crippen LogP contribution in [0.1, 0.15) is 0 Å². The van der Waals surface area contributed by atoms with E-state index in [9.17, 15) is 0 Å². The lowest BCUT2D eigenvalue weighted by molar-refractivity contribution is 0.243. The van der Waals surface area contributed by atoms with Gasteiger partial charge in [-0.1, -0.05) is 0 Å². The average molecular weight is 265 g/mol. The third-order valence-electron chi connectivity index (χ3n) is 3.42. The normalized spacial score (nSPS) is 16.2. The Hall–Kier alpha value is -1.46. The molecule has 0 amide bonds. The van der Waals surface area contributed by atoms with Gasteiger partial charge in [-0.25, -0.2) is 0 Å². The summed E-state index contributed by atoms with van der Waals surface area (Å²) < 4.78 is 10.7. The van der Waals surface area contributed by atoms with E-state index >= 15 is 0 Å². The SMILES string of the molecule is COc1ccc(OC)c(N(C)CN2CCNCC2)c1. The molecule has 2 rings (SSSR count). The van der Waals surface area contributed by atoms with Crippen molar-refractivity contribution in [1.82, 2.24) is 10.2 Å². The van der Waals surface area contributed by atoms with Gasteiger partial charge in [0.05, 0.1) is 26.6 Å². The predicted molar refractivity (Wildman–Crippen MR) is 77.3 cm³/mol. The molecule has 1 aromatic rings. The van der Waals surface area contributed by atoms with Crippen molar-refractivity contribution in [3.63, 3.8) is 0 Å². The van der Waals surface area contributed by atoms with Crippen molar-refractivity contribution in [2.75, 3.05) is 59.0 Å². The Kier molecular flexibility index (Phi) is 4.87. The maximum absolute atomic E-state index is 5.43. The van der Waals surface area contributed by atoms with Gasteiger partial charge in [0, 0.05) is 39.3 Å². The molecule has 1 fully saturated rings. The quantitative estimate of drug-likeness (QED) is 0.860. The van der Waals surface area contributed by atoms with Gasteiger partial charge in [-0.15, -0.1) is 0 Å². The van der Waals surface area contributed by atoms with Crippen LogP contribution in [0.4, 0.5) is 5.69 Å². The van der Waals surface area contributed by atoms with Crippen molar-refractivity contribution < 1.29 is 9.47 Å². The number of hydrogen-bond acceptors (Lipinski definition) is 5. The highest BCUT2D eigenvalue weighted by Crippen LogP contribution is 2.31. The van der Waals surface area contributed by atoms with Crippen molar-refractivity contribution in [3.8, 4) is 11.5 Å². The summed E-state index contributed by atoms with van der Waals surface area (Å²) in [5.41, 5.74) is 1.06. The minimum Gasteiger partial charge on any atom is -0.497 e. The van der Waals surface area contributed by atoms with Crippen LogP contribution < -0.4 is 19.7 Å². The molecule has 0 spiro atoms. The average Bonchev–Trinajstić information content (AvgIpc) is 2.47. The first-order valence-corrected chi connectivity index (χ1v) is 6.61. The molecule has 1 N–H and O–H groups in total. The summed E-state index contributed by atoms with van der Waals surface area (Å²) in [5, 5.41) is 3.36. The fraction of sp³-hybridized carbons (Fsp3) is 0.571. The van der Waals surface area contributed by atoms with E-state index in [1.165, 1.54) is 0 Å². The zero-order valence-electron chi connectivity index (χ0n) is 12.0. The Morgan fingerprint density at radius 3 is 2.58 bits per heavy atom. The number of piperazine rings is 1. The van der Waals surface area contributed by atoms with Gasteiger partial charge in [0.25, 0.3) is 0 Å². The van der Waals surface area contributed by atoms with Gasteiger partial charge < -0.3 is 19.7 Å². The van der Waals surface area contributed by atoms with Crippen molar-refractivity contribution in [2.24, 2.45) is 0 Å². The molecular weight excluding hydrogens is 242 g/mol. The van der Waals surface area contributed by atoms with Crippen LogP contribution in [0.2, 0.25) is 0 Å². The standard InChI is InChI=1S/C14H23N3O2/c1-16(11-17-8-6-15-7-9-17)13-10-12(18-2)4-5-14(13)19-3/h4-5,10,15H,6-9,11H2,1-3H3. The van der Waals surface area contributed by atoms with Crippen molar-refractivity contribution >= 4 is 5.69 Å². The Morgan fingerprint density at radius 1 is 1.21 bits per heavy atom. The molecule has 0 radical (unpaired) electrons. The second kappa shape index (κ2) is 6.63. The molecule has 1 heterocycles. The van der Waals surface area contributed by atoms with Crippen LogP contribution >= 0.6 is 0 Å². The molecule has 0 bridgehead atoms. The molecule has 5 heteroatoms. The summed E-state index contributed by atoms with van der Waals surface area (Å²) >= 11 is 0. The highest BCUT2D eigenvalue weighted by Gasteiger charge is 2.15. The van der Waals surface area contributed by atoms with Crippen molar-refractivity contribution in [3.05, 3.63) is 18.2 Å². The second-order valence-corrected chi connectivity index (χ2v) is 4.75. The smallest absolute Gasteiger partial charge is 0.142 e. The largest absolute Gasteiger partial charge is 0.497 e. The van der Waals surface area contributed by atoms with Crippen LogP contribution in [0, 0.1) is 0 Å². The van der Waals surface area contributed by atoms with Gasteiger partial charge in [0.2, 0.25) is 0 Å². The summed E-state index contributed by atoms with van der Waals surface area (Å²) in [4.78, 5) is 4.63. The van der Waals surface area contributed by atoms with Crippen LogP contribution in [0.25, 0.3) is 0 Å². The maximum Gasteiger partial charge on any atom is 0.142 e. The van der Waals surface area contributed by atoms with Crippen molar-refractivity contribution in [1.29, 1.82) is 0 Å². The topological polar surface area (TPSA) is 37.0 Å². The highest BCUT2D eigenvalue weighted by atomic mass is 16.5. The van der Waals surface area contributed by atoms with E-state index < -0.39 is 0 Å². The first-order valence-electron chi connectivity index (χ1n) is 6.61. The van der Waals surface area contributed by atoms with Gasteiger partial charge in [-0.05, 0) is 12.1 Å². The summed E-state index contributed by atoms with van der Waals surface area (Å²) in [6, 6.07) is 5.88. The number of rotatable bonds is 5. The Bertz CT molecular complexity index is 406. The van der Waals surface area contributed by atoms with Gasteiger partial charge in [0.1, 0.15) is 11.5 Å². The van der Waals surface area contributed by atoms with Crippen LogP contribution in [-0.2, 0) is 0 Å². The summed E-state index contributed by atoms with van der Waals surface area (Å²) in [6.45, 7) is 5.17. The van der Waals surface area contributed by atoms with Gasteiger partial charge in [-0.2, -0.15) is 0 Å². The number of methoxy groups -OCH3 is 2. The van der Waals surface area contributed by atoms with E-state index in [1.54, 1.807) is 14.2 Å². The third-order valence-corrected chi connectivity index (χ3v) is 3.42. The van der Waals surface area contributed by atoms with Crippen LogP contribution in [0.15, 0.2) is 18.2 Å². The van der Waals surface area contributed by atoms with E-state index in [2.05, 4.69) is 22.2 Å². The van der Waals surface area contributed by atoms with Gasteiger partial charge in [0.15, 0.2) is 0 Å². The van der Waals surface area contributed by atoms with Gasteiger partial charge in [-0.3, -0.25) is 4.90 Å². The summed E-state index contributed by atoms with van der Waals surface area (Å²) in [7, 11) is 5.46. The number of benzene rings is 1. The molecule has 106 valence electrons. The molecule has 1 saturated heterocycles. The lowest BCUT2D eigenvalue weighted by atomic mass is 10.2. The Balaban J connectivity index is 2.09. The molecule has 0 aromatic heterocycles. The minimum absolute atomic E-state index is 0.850. The zero-order valence-corrected chi connectivity index (χ0v) is 12.0. The number of ether oxygens (including phenoxy) is 2. The second-order valence-electron chi connectivity index (χ2n) is 4.75. The third kappa shape index (κ3) is 3.52. The Labute approximate surface area is 115 Å². The van der Waals surface area contributed by atoms with Gasteiger partial charge >= 0.3 is 0 Å². The number of nitrogens with one attached hydrogen (secondary N) is 1. The fourth-order valence-corrected chi connectivity index (χ4v) is 2.32. The summed E-state index contributed by atoms with van der Waals surface area (Å²) in [5.74, 6) is 1.72. The van der Waals surface area contributed by atoms with Crippen LogP contribution in [-0.4, -0.2) is 59.0 Å². The fourth-order valence-electron chi connectivity index (χ4n) is 2.32. The molecule has 5 nitrogen and oxygen atoms in total.